The van der Waals surface area contributed by atoms with Crippen molar-refractivity contribution in [3.8, 4) is 18.0 Å². The Morgan fingerprint density at radius 1 is 1.14 bits per heavy atom. The molecule has 10 heteroatoms. The van der Waals surface area contributed by atoms with Crippen molar-refractivity contribution in [3.63, 3.8) is 0 Å². The van der Waals surface area contributed by atoms with Gasteiger partial charge in [0.05, 0.1) is 34.0 Å². The molecule has 0 saturated carbocycles. The fourth-order valence-electron chi connectivity index (χ4n) is 4.20. The number of amides is 2. The molecule has 2 atom stereocenters. The number of carbonyl (C=O) groups is 2. The number of rotatable bonds is 5. The molecule has 190 valence electrons. The first-order valence-electron chi connectivity index (χ1n) is 11.6. The fraction of sp³-hybridized carbons (Fsp3) is 0.259. The molecular weight excluding hydrogens is 513 g/mol. The highest BCUT2D eigenvalue weighted by Crippen LogP contribution is 2.27. The minimum Gasteiger partial charge on any atom is -0.355 e. The summed E-state index contributed by atoms with van der Waals surface area (Å²) in [6.45, 7) is 3.79. The van der Waals surface area contributed by atoms with Crippen LogP contribution in [0.15, 0.2) is 47.3 Å². The number of terminal acetylenes is 1. The lowest BCUT2D eigenvalue weighted by Crippen LogP contribution is -2.46. The van der Waals surface area contributed by atoms with Crippen LogP contribution < -0.4 is 16.2 Å². The van der Waals surface area contributed by atoms with Crippen LogP contribution in [0.1, 0.15) is 45.8 Å². The van der Waals surface area contributed by atoms with Crippen molar-refractivity contribution < 1.29 is 9.59 Å². The van der Waals surface area contributed by atoms with Crippen LogP contribution in [0.5, 0.6) is 0 Å². The number of carbonyl (C=O) groups excluding carboxylic acids is 2. The molecule has 0 unspecified atom stereocenters. The third-order valence-electron chi connectivity index (χ3n) is 6.25. The molecule has 1 aliphatic heterocycles. The predicted octanol–water partition coefficient (Wildman–Crippen LogP) is 3.92. The Labute approximate surface area is 224 Å². The van der Waals surface area contributed by atoms with Crippen LogP contribution in [0.25, 0.3) is 5.69 Å². The van der Waals surface area contributed by atoms with Crippen molar-refractivity contribution in [1.29, 1.82) is 0 Å². The Morgan fingerprint density at radius 2 is 1.81 bits per heavy atom. The third-order valence-corrected chi connectivity index (χ3v) is 6.99. The average molecular weight is 538 g/mol. The summed E-state index contributed by atoms with van der Waals surface area (Å²) in [5, 5.41) is 6.32. The molecule has 0 bridgehead atoms. The van der Waals surface area contributed by atoms with Crippen LogP contribution in [0.3, 0.4) is 0 Å². The van der Waals surface area contributed by atoms with Gasteiger partial charge in [0.1, 0.15) is 0 Å². The zero-order chi connectivity index (χ0) is 26.9. The van der Waals surface area contributed by atoms with Crippen LogP contribution in [0, 0.1) is 12.3 Å². The summed E-state index contributed by atoms with van der Waals surface area (Å²) in [7, 11) is 1.55. The second-order valence-electron chi connectivity index (χ2n) is 8.77. The number of nitrogens with one attached hydrogen (secondary N) is 2. The van der Waals surface area contributed by atoms with Crippen LogP contribution in [-0.2, 0) is 13.0 Å². The van der Waals surface area contributed by atoms with E-state index in [-0.39, 0.29) is 40.9 Å². The summed E-state index contributed by atoms with van der Waals surface area (Å²) >= 11 is 12.1. The number of halogens is 2. The highest BCUT2D eigenvalue weighted by atomic mass is 35.5. The lowest BCUT2D eigenvalue weighted by atomic mass is 9.98. The van der Waals surface area contributed by atoms with Crippen molar-refractivity contribution in [2.45, 2.75) is 38.9 Å². The van der Waals surface area contributed by atoms with E-state index in [9.17, 15) is 14.4 Å². The van der Waals surface area contributed by atoms with Gasteiger partial charge in [-0.25, -0.2) is 9.55 Å². The Balaban J connectivity index is 1.77. The molecule has 2 N–H and O–H groups in total. The Morgan fingerprint density at radius 3 is 2.43 bits per heavy atom. The molecule has 1 aromatic heterocycles. The summed E-state index contributed by atoms with van der Waals surface area (Å²) in [6, 6.07) is 10.7. The number of hydrogen-bond donors (Lipinski definition) is 2. The monoisotopic (exact) mass is 537 g/mol. The Hall–Kier alpha value is -3.80. The maximum absolute atomic E-state index is 13.8. The van der Waals surface area contributed by atoms with Gasteiger partial charge in [0, 0.05) is 29.8 Å². The zero-order valence-corrected chi connectivity index (χ0v) is 22.0. The second kappa shape index (κ2) is 10.7. The minimum atomic E-state index is -0.419. The largest absolute Gasteiger partial charge is 0.355 e. The molecule has 0 saturated heterocycles. The quantitative estimate of drug-likeness (QED) is 0.481. The number of hydrogen-bond acceptors (Lipinski definition) is 5. The van der Waals surface area contributed by atoms with Crippen molar-refractivity contribution in [2.24, 2.45) is 0 Å². The molecule has 2 aromatic carbocycles. The van der Waals surface area contributed by atoms with Gasteiger partial charge in [-0.3, -0.25) is 14.4 Å². The third kappa shape index (κ3) is 5.19. The van der Waals surface area contributed by atoms with Gasteiger partial charge in [-0.15, -0.1) is 6.42 Å². The van der Waals surface area contributed by atoms with E-state index in [1.54, 1.807) is 55.3 Å². The number of aromatic nitrogens is 2. The molecular formula is C27H25Cl2N5O3. The highest BCUT2D eigenvalue weighted by molar-refractivity contribution is 6.42. The van der Waals surface area contributed by atoms with E-state index >= 15 is 0 Å². The number of anilines is 1. The minimum absolute atomic E-state index is 0.139. The first kappa shape index (κ1) is 26.3. The van der Waals surface area contributed by atoms with Gasteiger partial charge in [-0.2, -0.15) is 0 Å². The summed E-state index contributed by atoms with van der Waals surface area (Å²) in [4.78, 5) is 45.4. The van der Waals surface area contributed by atoms with E-state index in [0.29, 0.717) is 39.5 Å². The lowest BCUT2D eigenvalue weighted by Gasteiger charge is -2.34. The topological polar surface area (TPSA) is 96.3 Å². The van der Waals surface area contributed by atoms with Crippen LogP contribution in [0.2, 0.25) is 10.0 Å². The van der Waals surface area contributed by atoms with E-state index in [4.69, 9.17) is 34.6 Å². The Kier molecular flexibility index (Phi) is 7.58. The highest BCUT2D eigenvalue weighted by Gasteiger charge is 2.32. The molecule has 0 radical (unpaired) electrons. The van der Waals surface area contributed by atoms with E-state index < -0.39 is 6.04 Å². The van der Waals surface area contributed by atoms with Crippen molar-refractivity contribution >= 4 is 41.0 Å². The average Bonchev–Trinajstić information content (AvgIpc) is 2.89. The van der Waals surface area contributed by atoms with Gasteiger partial charge in [-0.05, 0) is 62.7 Å². The molecule has 2 amide bonds. The maximum Gasteiger partial charge on any atom is 0.263 e. The smallest absolute Gasteiger partial charge is 0.263 e. The number of fused-ring (bicyclic) bond motifs is 1. The van der Waals surface area contributed by atoms with Crippen molar-refractivity contribution in [1.82, 2.24) is 19.8 Å². The second-order valence-corrected chi connectivity index (χ2v) is 9.59. The predicted molar refractivity (Wildman–Crippen MR) is 145 cm³/mol. The molecule has 1 aliphatic rings. The summed E-state index contributed by atoms with van der Waals surface area (Å²) in [5.41, 5.74) is 2.12. The first-order chi connectivity index (χ1) is 17.6. The SMILES string of the molecule is C#C[C@@H](C)Nc1nc2c(c(=O)n1-c1ccc(C(=O)NC)cc1)C[C@@H](C)N(C(=O)c1ccc(Cl)c(Cl)c1)C2. The van der Waals surface area contributed by atoms with E-state index in [2.05, 4.69) is 16.6 Å². The summed E-state index contributed by atoms with van der Waals surface area (Å²) in [6.07, 6.45) is 5.89. The molecule has 2 heterocycles. The maximum atomic E-state index is 13.8. The van der Waals surface area contributed by atoms with E-state index in [1.165, 1.54) is 10.6 Å². The number of benzene rings is 2. The molecule has 0 fully saturated rings. The van der Waals surface area contributed by atoms with Crippen LogP contribution in [0.4, 0.5) is 5.95 Å². The molecule has 37 heavy (non-hydrogen) atoms. The van der Waals surface area contributed by atoms with E-state index in [0.717, 1.165) is 0 Å². The molecule has 3 aromatic rings. The molecule has 0 aliphatic carbocycles. The van der Waals surface area contributed by atoms with Gasteiger partial charge in [0.15, 0.2) is 0 Å². The van der Waals surface area contributed by atoms with Crippen LogP contribution >= 0.6 is 23.2 Å². The fourth-order valence-corrected chi connectivity index (χ4v) is 4.50. The van der Waals surface area contributed by atoms with Crippen molar-refractivity contribution in [2.75, 3.05) is 12.4 Å². The first-order valence-corrected chi connectivity index (χ1v) is 12.4. The van der Waals surface area contributed by atoms with Crippen LogP contribution in [-0.4, -0.2) is 45.4 Å². The van der Waals surface area contributed by atoms with Crippen molar-refractivity contribution in [3.05, 3.63) is 85.2 Å². The van der Waals surface area contributed by atoms with Gasteiger partial charge < -0.3 is 15.5 Å². The molecule has 4 rings (SSSR count). The molecule has 0 spiro atoms. The van der Waals surface area contributed by atoms with Gasteiger partial charge in [0.25, 0.3) is 17.4 Å². The van der Waals surface area contributed by atoms with E-state index in [1.807, 2.05) is 6.92 Å². The van der Waals surface area contributed by atoms with Gasteiger partial charge in [0.2, 0.25) is 5.95 Å². The van der Waals surface area contributed by atoms with Gasteiger partial charge in [-0.1, -0.05) is 29.1 Å². The summed E-state index contributed by atoms with van der Waals surface area (Å²) < 4.78 is 1.45. The normalized spacial score (nSPS) is 15.4. The zero-order valence-electron chi connectivity index (χ0n) is 20.5. The lowest BCUT2D eigenvalue weighted by molar-refractivity contribution is 0.0653. The Bertz CT molecular complexity index is 1480. The number of nitrogens with zero attached hydrogens (tertiary/aromatic N) is 3. The molecule has 8 nitrogen and oxygen atoms in total. The summed E-state index contributed by atoms with van der Waals surface area (Å²) in [5.74, 6) is 2.36. The van der Waals surface area contributed by atoms with Gasteiger partial charge >= 0.3 is 0 Å². The standard InChI is InChI=1S/C27H25Cl2N5O3/c1-5-15(2)31-27-32-23-14-33(25(36)18-8-11-21(28)22(29)13-18)16(3)12-20(23)26(37)34(27)19-9-6-17(7-10-19)24(35)30-4/h1,6-11,13,15-16H,12,14H2,2-4H3,(H,30,35)(H,31,32)/t15-,16-/m1/s1.